The van der Waals surface area contributed by atoms with Crippen LogP contribution in [0.15, 0.2) is 22.7 Å². The molecular formula is C10H8BrF3N2O. The van der Waals surface area contributed by atoms with Crippen molar-refractivity contribution in [2.75, 3.05) is 18.5 Å². The average molecular weight is 309 g/mol. The van der Waals surface area contributed by atoms with Gasteiger partial charge in [0, 0.05) is 16.7 Å². The molecule has 0 amide bonds. The van der Waals surface area contributed by atoms with E-state index >= 15 is 0 Å². The van der Waals surface area contributed by atoms with E-state index in [1.54, 1.807) is 18.2 Å². The minimum atomic E-state index is -4.61. The molecule has 0 atom stereocenters. The number of anilines is 1. The van der Waals surface area contributed by atoms with Gasteiger partial charge in [0.25, 0.3) is 0 Å². The van der Waals surface area contributed by atoms with Crippen LogP contribution in [0, 0.1) is 11.3 Å². The Morgan fingerprint density at radius 2 is 2.12 bits per heavy atom. The summed E-state index contributed by atoms with van der Waals surface area (Å²) in [7, 11) is 0. The molecule has 0 unspecified atom stereocenters. The molecule has 1 rings (SSSR count). The predicted molar refractivity (Wildman–Crippen MR) is 59.4 cm³/mol. The molecule has 0 aromatic heterocycles. The summed E-state index contributed by atoms with van der Waals surface area (Å²) in [5.74, 6) is 0. The molecule has 0 bridgehead atoms. The Kier molecular flexibility index (Phi) is 4.78. The SMILES string of the molecule is N#Cc1ccc(NCCOC(F)(F)F)c(Br)c1. The van der Waals surface area contributed by atoms with Crippen LogP contribution >= 0.6 is 15.9 Å². The van der Waals surface area contributed by atoms with Crippen LogP contribution in [0.3, 0.4) is 0 Å². The van der Waals surface area contributed by atoms with E-state index in [0.29, 0.717) is 15.7 Å². The first-order valence-corrected chi connectivity index (χ1v) is 5.36. The largest absolute Gasteiger partial charge is 0.522 e. The lowest BCUT2D eigenvalue weighted by Gasteiger charge is -2.10. The number of rotatable bonds is 4. The summed E-state index contributed by atoms with van der Waals surface area (Å²) in [4.78, 5) is 0. The van der Waals surface area contributed by atoms with E-state index in [4.69, 9.17) is 5.26 Å². The van der Waals surface area contributed by atoms with Gasteiger partial charge in [0.05, 0.1) is 18.2 Å². The summed E-state index contributed by atoms with van der Waals surface area (Å²) >= 11 is 3.20. The van der Waals surface area contributed by atoms with Crippen LogP contribution in [0.5, 0.6) is 0 Å². The monoisotopic (exact) mass is 308 g/mol. The van der Waals surface area contributed by atoms with Crippen LogP contribution in [-0.4, -0.2) is 19.5 Å². The van der Waals surface area contributed by atoms with Gasteiger partial charge in [-0.3, -0.25) is 4.74 Å². The molecule has 0 spiro atoms. The lowest BCUT2D eigenvalue weighted by Crippen LogP contribution is -2.19. The quantitative estimate of drug-likeness (QED) is 0.868. The molecule has 1 aromatic carbocycles. The Morgan fingerprint density at radius 1 is 1.41 bits per heavy atom. The van der Waals surface area contributed by atoms with Gasteiger partial charge >= 0.3 is 6.36 Å². The lowest BCUT2D eigenvalue weighted by atomic mass is 10.2. The number of hydrogen-bond donors (Lipinski definition) is 1. The fraction of sp³-hybridized carbons (Fsp3) is 0.300. The Balaban J connectivity index is 2.45. The first-order chi connectivity index (χ1) is 7.92. The summed E-state index contributed by atoms with van der Waals surface area (Å²) < 4.78 is 39.2. The van der Waals surface area contributed by atoms with E-state index in [-0.39, 0.29) is 6.54 Å². The molecule has 0 aliphatic carbocycles. The molecule has 17 heavy (non-hydrogen) atoms. The fourth-order valence-corrected chi connectivity index (χ4v) is 1.60. The number of benzene rings is 1. The first-order valence-electron chi connectivity index (χ1n) is 4.56. The summed E-state index contributed by atoms with van der Waals surface area (Å²) in [6.45, 7) is -0.458. The fourth-order valence-electron chi connectivity index (χ4n) is 1.08. The maximum absolute atomic E-state index is 11.7. The van der Waals surface area contributed by atoms with Crippen molar-refractivity contribution in [3.63, 3.8) is 0 Å². The third-order valence-electron chi connectivity index (χ3n) is 1.78. The maximum Gasteiger partial charge on any atom is 0.522 e. The van der Waals surface area contributed by atoms with Gasteiger partial charge in [-0.25, -0.2) is 0 Å². The summed E-state index contributed by atoms with van der Waals surface area (Å²) in [6.07, 6.45) is -4.61. The second-order valence-electron chi connectivity index (χ2n) is 3.03. The number of alkyl halides is 3. The average Bonchev–Trinajstić information content (AvgIpc) is 2.24. The van der Waals surface area contributed by atoms with Crippen LogP contribution in [-0.2, 0) is 4.74 Å². The van der Waals surface area contributed by atoms with E-state index in [2.05, 4.69) is 26.0 Å². The minimum absolute atomic E-state index is 0.0179. The molecule has 0 saturated heterocycles. The third-order valence-corrected chi connectivity index (χ3v) is 2.44. The second-order valence-corrected chi connectivity index (χ2v) is 3.88. The highest BCUT2D eigenvalue weighted by molar-refractivity contribution is 9.10. The smallest absolute Gasteiger partial charge is 0.382 e. The molecule has 0 saturated carbocycles. The molecule has 7 heteroatoms. The van der Waals surface area contributed by atoms with Crippen molar-refractivity contribution in [2.24, 2.45) is 0 Å². The maximum atomic E-state index is 11.7. The normalized spacial score (nSPS) is 11.0. The molecule has 0 heterocycles. The Morgan fingerprint density at radius 3 is 2.65 bits per heavy atom. The topological polar surface area (TPSA) is 45.0 Å². The van der Waals surface area contributed by atoms with Crippen molar-refractivity contribution in [3.05, 3.63) is 28.2 Å². The number of nitriles is 1. The van der Waals surface area contributed by atoms with Crippen LogP contribution < -0.4 is 5.32 Å². The zero-order chi connectivity index (χ0) is 12.9. The third kappa shape index (κ3) is 5.06. The number of nitrogens with one attached hydrogen (secondary N) is 1. The molecule has 0 aliphatic heterocycles. The molecule has 0 radical (unpaired) electrons. The van der Waals surface area contributed by atoms with Gasteiger partial charge in [-0.15, -0.1) is 13.2 Å². The molecule has 1 aromatic rings. The highest BCUT2D eigenvalue weighted by Crippen LogP contribution is 2.23. The lowest BCUT2D eigenvalue weighted by molar-refractivity contribution is -0.322. The number of nitrogens with zero attached hydrogens (tertiary/aromatic N) is 1. The van der Waals surface area contributed by atoms with Crippen molar-refractivity contribution in [1.29, 1.82) is 5.26 Å². The van der Waals surface area contributed by atoms with Gasteiger partial charge in [0.2, 0.25) is 0 Å². The summed E-state index contributed by atoms with van der Waals surface area (Å²) in [5.41, 5.74) is 1.07. The van der Waals surface area contributed by atoms with Gasteiger partial charge in [-0.05, 0) is 34.1 Å². The van der Waals surface area contributed by atoms with Crippen LogP contribution in [0.4, 0.5) is 18.9 Å². The Hall–Kier alpha value is -1.26. The predicted octanol–water partition coefficient (Wildman–Crippen LogP) is 3.27. The van der Waals surface area contributed by atoms with E-state index in [1.807, 2.05) is 6.07 Å². The summed E-state index contributed by atoms with van der Waals surface area (Å²) in [5, 5.41) is 11.4. The molecule has 0 aliphatic rings. The zero-order valence-corrected chi connectivity index (χ0v) is 10.1. The number of hydrogen-bond acceptors (Lipinski definition) is 3. The van der Waals surface area contributed by atoms with Crippen molar-refractivity contribution >= 4 is 21.6 Å². The van der Waals surface area contributed by atoms with Gasteiger partial charge < -0.3 is 5.32 Å². The minimum Gasteiger partial charge on any atom is -0.382 e. The Labute approximate surface area is 104 Å². The molecule has 1 N–H and O–H groups in total. The molecular weight excluding hydrogens is 301 g/mol. The van der Waals surface area contributed by atoms with E-state index in [9.17, 15) is 13.2 Å². The van der Waals surface area contributed by atoms with Crippen LogP contribution in [0.1, 0.15) is 5.56 Å². The van der Waals surface area contributed by atoms with Crippen molar-refractivity contribution in [1.82, 2.24) is 0 Å². The van der Waals surface area contributed by atoms with Crippen molar-refractivity contribution in [3.8, 4) is 6.07 Å². The first kappa shape index (κ1) is 13.8. The van der Waals surface area contributed by atoms with Crippen LogP contribution in [0.25, 0.3) is 0 Å². The molecule has 92 valence electrons. The van der Waals surface area contributed by atoms with Gasteiger partial charge in [-0.2, -0.15) is 5.26 Å². The van der Waals surface area contributed by atoms with Crippen molar-refractivity contribution in [2.45, 2.75) is 6.36 Å². The van der Waals surface area contributed by atoms with Gasteiger partial charge in [0.15, 0.2) is 0 Å². The Bertz CT molecular complexity index is 429. The van der Waals surface area contributed by atoms with Gasteiger partial charge in [-0.1, -0.05) is 0 Å². The van der Waals surface area contributed by atoms with E-state index < -0.39 is 13.0 Å². The van der Waals surface area contributed by atoms with Crippen molar-refractivity contribution < 1.29 is 17.9 Å². The summed E-state index contributed by atoms with van der Waals surface area (Å²) in [6, 6.07) is 6.70. The standard InChI is InChI=1S/C10H8BrF3N2O/c11-8-5-7(6-15)1-2-9(8)16-3-4-17-10(12,13)14/h1-2,5,16H,3-4H2. The molecule has 0 fully saturated rings. The number of ether oxygens (including phenoxy) is 1. The van der Waals surface area contributed by atoms with Gasteiger partial charge in [0.1, 0.15) is 0 Å². The zero-order valence-electron chi connectivity index (χ0n) is 8.51. The number of halogens is 4. The molecule has 3 nitrogen and oxygen atoms in total. The highest BCUT2D eigenvalue weighted by Gasteiger charge is 2.28. The highest BCUT2D eigenvalue weighted by atomic mass is 79.9. The van der Waals surface area contributed by atoms with E-state index in [1.165, 1.54) is 0 Å². The van der Waals surface area contributed by atoms with E-state index in [0.717, 1.165) is 0 Å². The second kappa shape index (κ2) is 5.89. The van der Waals surface area contributed by atoms with Crippen LogP contribution in [0.2, 0.25) is 0 Å².